The van der Waals surface area contributed by atoms with Crippen molar-refractivity contribution in [3.63, 3.8) is 0 Å². The lowest BCUT2D eigenvalue weighted by molar-refractivity contribution is 0.145. The summed E-state index contributed by atoms with van der Waals surface area (Å²) in [5, 5.41) is 13.9. The number of aliphatic hydroxyl groups is 1. The van der Waals surface area contributed by atoms with Gasteiger partial charge in [-0.25, -0.2) is 0 Å². The number of nitrogen functional groups attached to an aromatic ring is 1. The van der Waals surface area contributed by atoms with Crippen molar-refractivity contribution in [2.45, 2.75) is 32.3 Å². The molecule has 0 radical (unpaired) electrons. The van der Waals surface area contributed by atoms with Gasteiger partial charge in [0.05, 0.1) is 17.5 Å². The predicted molar refractivity (Wildman–Crippen MR) is 64.5 cm³/mol. The van der Waals surface area contributed by atoms with Crippen LogP contribution in [0.5, 0.6) is 0 Å². The van der Waals surface area contributed by atoms with E-state index in [4.69, 9.17) is 5.73 Å². The van der Waals surface area contributed by atoms with Crippen LogP contribution in [0.15, 0.2) is 0 Å². The van der Waals surface area contributed by atoms with Crippen LogP contribution in [0.2, 0.25) is 0 Å². The number of aromatic nitrogens is 2. The zero-order valence-corrected chi connectivity index (χ0v) is 9.98. The van der Waals surface area contributed by atoms with Gasteiger partial charge in [0.1, 0.15) is 5.82 Å². The molecule has 0 amide bonds. The largest absolute Gasteiger partial charge is 0.394 e. The summed E-state index contributed by atoms with van der Waals surface area (Å²) in [5.41, 5.74) is 7.85. The topological polar surface area (TPSA) is 67.3 Å². The maximum Gasteiger partial charge on any atom is 0.150 e. The number of hydrogen-bond donors (Lipinski definition) is 2. The van der Waals surface area contributed by atoms with E-state index in [2.05, 4.69) is 16.9 Å². The van der Waals surface area contributed by atoms with Crippen molar-refractivity contribution in [1.29, 1.82) is 0 Å². The first-order chi connectivity index (χ1) is 7.63. The van der Waals surface area contributed by atoms with Crippen LogP contribution in [-0.4, -0.2) is 34.1 Å². The van der Waals surface area contributed by atoms with Crippen LogP contribution in [0.4, 0.5) is 11.5 Å². The molecule has 0 bridgehead atoms. The maximum absolute atomic E-state index is 9.48. The summed E-state index contributed by atoms with van der Waals surface area (Å²) in [7, 11) is 1.93. The number of aryl methyl sites for hydroxylation is 2. The number of piperidine rings is 1. The van der Waals surface area contributed by atoms with E-state index in [9.17, 15) is 5.11 Å². The van der Waals surface area contributed by atoms with Crippen LogP contribution >= 0.6 is 0 Å². The molecule has 0 spiro atoms. The van der Waals surface area contributed by atoms with Gasteiger partial charge in [0.15, 0.2) is 0 Å². The van der Waals surface area contributed by atoms with E-state index in [1.807, 2.05) is 11.7 Å². The van der Waals surface area contributed by atoms with E-state index in [0.29, 0.717) is 0 Å². The summed E-state index contributed by atoms with van der Waals surface area (Å²) in [6.45, 7) is 3.77. The molecule has 5 heteroatoms. The van der Waals surface area contributed by atoms with E-state index in [0.717, 1.165) is 49.6 Å². The Morgan fingerprint density at radius 2 is 2.06 bits per heavy atom. The molecule has 90 valence electrons. The molecule has 0 aliphatic carbocycles. The summed E-state index contributed by atoms with van der Waals surface area (Å²) in [4.78, 5) is 2.22. The van der Waals surface area contributed by atoms with E-state index < -0.39 is 0 Å². The fourth-order valence-electron chi connectivity index (χ4n) is 2.30. The van der Waals surface area contributed by atoms with Gasteiger partial charge in [0.2, 0.25) is 0 Å². The Bertz CT molecular complexity index is 366. The van der Waals surface area contributed by atoms with Crippen molar-refractivity contribution in [1.82, 2.24) is 9.78 Å². The second-order valence-corrected chi connectivity index (χ2v) is 4.38. The minimum atomic E-state index is -0.156. The summed E-state index contributed by atoms with van der Waals surface area (Å²) in [6.07, 6.45) is 2.32. The van der Waals surface area contributed by atoms with Crippen LogP contribution in [0.1, 0.15) is 25.5 Å². The summed E-state index contributed by atoms with van der Waals surface area (Å²) >= 11 is 0. The third-order valence-electron chi connectivity index (χ3n) is 3.23. The van der Waals surface area contributed by atoms with Gasteiger partial charge in [-0.3, -0.25) is 4.68 Å². The standard InChI is InChI=1S/C11H20N4O/c1-3-9-10(12)11(14(2)13-9)15-6-4-8(16)5-7-15/h8,16H,3-7,12H2,1-2H3. The van der Waals surface area contributed by atoms with Gasteiger partial charge < -0.3 is 15.7 Å². The van der Waals surface area contributed by atoms with Crippen molar-refractivity contribution >= 4 is 11.5 Å². The number of hydrogen-bond acceptors (Lipinski definition) is 4. The van der Waals surface area contributed by atoms with Crippen LogP contribution in [0.3, 0.4) is 0 Å². The van der Waals surface area contributed by atoms with Crippen LogP contribution in [0, 0.1) is 0 Å². The monoisotopic (exact) mass is 224 g/mol. The number of nitrogens with zero attached hydrogens (tertiary/aromatic N) is 3. The first-order valence-corrected chi connectivity index (χ1v) is 5.87. The Morgan fingerprint density at radius 3 is 2.56 bits per heavy atom. The highest BCUT2D eigenvalue weighted by Gasteiger charge is 2.23. The van der Waals surface area contributed by atoms with Crippen molar-refractivity contribution in [3.8, 4) is 0 Å². The fourth-order valence-corrected chi connectivity index (χ4v) is 2.30. The van der Waals surface area contributed by atoms with Gasteiger partial charge in [-0.05, 0) is 19.3 Å². The predicted octanol–water partition coefficient (Wildman–Crippen LogP) is 0.526. The molecular formula is C11H20N4O. The molecule has 1 fully saturated rings. The summed E-state index contributed by atoms with van der Waals surface area (Å²) in [6, 6.07) is 0. The minimum absolute atomic E-state index is 0.156. The molecule has 2 heterocycles. The minimum Gasteiger partial charge on any atom is -0.394 e. The molecule has 0 saturated carbocycles. The molecule has 1 aromatic rings. The van der Waals surface area contributed by atoms with Gasteiger partial charge in [-0.1, -0.05) is 6.92 Å². The molecule has 0 atom stereocenters. The van der Waals surface area contributed by atoms with Crippen LogP contribution < -0.4 is 10.6 Å². The van der Waals surface area contributed by atoms with Gasteiger partial charge in [-0.2, -0.15) is 5.10 Å². The smallest absolute Gasteiger partial charge is 0.150 e. The number of rotatable bonds is 2. The normalized spacial score (nSPS) is 18.1. The number of anilines is 2. The van der Waals surface area contributed by atoms with Crippen molar-refractivity contribution in [2.75, 3.05) is 23.7 Å². The lowest BCUT2D eigenvalue weighted by Crippen LogP contribution is -2.37. The highest BCUT2D eigenvalue weighted by atomic mass is 16.3. The second-order valence-electron chi connectivity index (χ2n) is 4.38. The third kappa shape index (κ3) is 1.87. The molecule has 2 rings (SSSR count). The first-order valence-electron chi connectivity index (χ1n) is 5.87. The Labute approximate surface area is 95.8 Å². The zero-order chi connectivity index (χ0) is 11.7. The average molecular weight is 224 g/mol. The van der Waals surface area contributed by atoms with Gasteiger partial charge >= 0.3 is 0 Å². The quantitative estimate of drug-likeness (QED) is 0.769. The summed E-state index contributed by atoms with van der Waals surface area (Å²) in [5.74, 6) is 1.00. The SMILES string of the molecule is CCc1nn(C)c(N2CCC(O)CC2)c1N. The highest BCUT2D eigenvalue weighted by molar-refractivity contribution is 5.66. The Hall–Kier alpha value is -1.23. The molecule has 1 aliphatic heterocycles. The molecule has 1 saturated heterocycles. The van der Waals surface area contributed by atoms with E-state index in [-0.39, 0.29) is 6.10 Å². The average Bonchev–Trinajstić information content (AvgIpc) is 2.56. The van der Waals surface area contributed by atoms with E-state index >= 15 is 0 Å². The molecule has 3 N–H and O–H groups in total. The molecule has 0 aromatic carbocycles. The van der Waals surface area contributed by atoms with Crippen molar-refractivity contribution in [3.05, 3.63) is 5.69 Å². The van der Waals surface area contributed by atoms with Gasteiger partial charge in [0, 0.05) is 20.1 Å². The molecule has 16 heavy (non-hydrogen) atoms. The van der Waals surface area contributed by atoms with Crippen LogP contribution in [0.25, 0.3) is 0 Å². The van der Waals surface area contributed by atoms with Gasteiger partial charge in [-0.15, -0.1) is 0 Å². The molecule has 1 aromatic heterocycles. The maximum atomic E-state index is 9.48. The molecular weight excluding hydrogens is 204 g/mol. The molecule has 5 nitrogen and oxygen atoms in total. The van der Waals surface area contributed by atoms with Gasteiger partial charge in [0.25, 0.3) is 0 Å². The lowest BCUT2D eigenvalue weighted by Gasteiger charge is -2.31. The number of aliphatic hydroxyl groups excluding tert-OH is 1. The molecule has 0 unspecified atom stereocenters. The Kier molecular flexibility index (Phi) is 3.05. The Balaban J connectivity index is 2.23. The Morgan fingerprint density at radius 1 is 1.44 bits per heavy atom. The van der Waals surface area contributed by atoms with E-state index in [1.54, 1.807) is 0 Å². The first kappa shape index (κ1) is 11.3. The summed E-state index contributed by atoms with van der Waals surface area (Å²) < 4.78 is 1.85. The van der Waals surface area contributed by atoms with Crippen molar-refractivity contribution in [2.24, 2.45) is 7.05 Å². The van der Waals surface area contributed by atoms with Crippen molar-refractivity contribution < 1.29 is 5.11 Å². The lowest BCUT2D eigenvalue weighted by atomic mass is 10.1. The third-order valence-corrected chi connectivity index (χ3v) is 3.23. The zero-order valence-electron chi connectivity index (χ0n) is 9.98. The highest BCUT2D eigenvalue weighted by Crippen LogP contribution is 2.28. The fraction of sp³-hybridized carbons (Fsp3) is 0.727. The second kappa shape index (κ2) is 4.33. The van der Waals surface area contributed by atoms with E-state index in [1.165, 1.54) is 0 Å². The number of nitrogens with two attached hydrogens (primary N) is 1. The molecule has 1 aliphatic rings. The van der Waals surface area contributed by atoms with Crippen LogP contribution in [-0.2, 0) is 13.5 Å².